The molecule has 4 heteroatoms. The quantitative estimate of drug-likeness (QED) is 0.866. The summed E-state index contributed by atoms with van der Waals surface area (Å²) < 4.78 is 0.859. The fourth-order valence-corrected chi connectivity index (χ4v) is 3.05. The largest absolute Gasteiger partial charge is 0.379 e. The van der Waals surface area contributed by atoms with Crippen LogP contribution in [0.1, 0.15) is 17.5 Å². The van der Waals surface area contributed by atoms with Gasteiger partial charge in [0.2, 0.25) is 0 Å². The van der Waals surface area contributed by atoms with E-state index in [1.54, 1.807) is 6.20 Å². The minimum atomic E-state index is 0.821. The van der Waals surface area contributed by atoms with E-state index < -0.39 is 0 Å². The smallest absolute Gasteiger partial charge is 0.129 e. The maximum Gasteiger partial charge on any atom is 0.129 e. The highest BCUT2D eigenvalue weighted by Gasteiger charge is 2.13. The Labute approximate surface area is 128 Å². The van der Waals surface area contributed by atoms with Gasteiger partial charge in [-0.3, -0.25) is 0 Å². The maximum atomic E-state index is 4.22. The summed E-state index contributed by atoms with van der Waals surface area (Å²) in [6.45, 7) is 1.98. The van der Waals surface area contributed by atoms with Gasteiger partial charge in [0.05, 0.1) is 5.69 Å². The number of benzene rings is 1. The highest BCUT2D eigenvalue weighted by atomic mass is 79.9. The van der Waals surface area contributed by atoms with Gasteiger partial charge < -0.3 is 10.2 Å². The Morgan fingerprint density at radius 2 is 2.25 bits per heavy atom. The normalized spacial score (nSPS) is 14.0. The summed E-state index contributed by atoms with van der Waals surface area (Å²) in [6.07, 6.45) is 4.21. The lowest BCUT2D eigenvalue weighted by molar-refractivity contribution is 0.743. The molecule has 0 aliphatic carbocycles. The monoisotopic (exact) mass is 331 g/mol. The van der Waals surface area contributed by atoms with Crippen molar-refractivity contribution in [2.24, 2.45) is 0 Å². The van der Waals surface area contributed by atoms with E-state index in [0.717, 1.165) is 23.4 Å². The van der Waals surface area contributed by atoms with Crippen LogP contribution < -0.4 is 10.2 Å². The van der Waals surface area contributed by atoms with Crippen LogP contribution in [-0.2, 0) is 13.0 Å². The molecule has 0 unspecified atom stereocenters. The Hall–Kier alpha value is -1.55. The molecule has 0 amide bonds. The summed E-state index contributed by atoms with van der Waals surface area (Å²) in [5.41, 5.74) is 5.18. The lowest BCUT2D eigenvalue weighted by Crippen LogP contribution is -2.24. The summed E-state index contributed by atoms with van der Waals surface area (Å²) >= 11 is 3.46. The highest BCUT2D eigenvalue weighted by Crippen LogP contribution is 2.27. The van der Waals surface area contributed by atoms with E-state index in [9.17, 15) is 0 Å². The van der Waals surface area contributed by atoms with Crippen LogP contribution in [0, 0.1) is 0 Å². The number of halogens is 1. The molecule has 0 saturated carbocycles. The predicted octanol–water partition coefficient (Wildman–Crippen LogP) is 3.84. The molecule has 0 saturated heterocycles. The summed E-state index contributed by atoms with van der Waals surface area (Å²) in [5, 5.41) is 3.42. The first kappa shape index (κ1) is 13.4. The molecule has 2 aromatic rings. The summed E-state index contributed by atoms with van der Waals surface area (Å²) in [5.74, 6) is 0. The topological polar surface area (TPSA) is 28.2 Å². The van der Waals surface area contributed by atoms with Gasteiger partial charge in [-0.1, -0.05) is 12.1 Å². The van der Waals surface area contributed by atoms with Gasteiger partial charge in [0.1, 0.15) is 4.60 Å². The third kappa shape index (κ3) is 2.80. The highest BCUT2D eigenvalue weighted by molar-refractivity contribution is 9.10. The Balaban J connectivity index is 1.74. The molecule has 0 bridgehead atoms. The van der Waals surface area contributed by atoms with Gasteiger partial charge in [-0.25, -0.2) is 4.98 Å². The maximum absolute atomic E-state index is 4.22. The Morgan fingerprint density at radius 3 is 3.10 bits per heavy atom. The minimum absolute atomic E-state index is 0.821. The average Bonchev–Trinajstić information content (AvgIpc) is 2.46. The van der Waals surface area contributed by atoms with E-state index in [1.807, 2.05) is 12.1 Å². The zero-order valence-corrected chi connectivity index (χ0v) is 13.2. The van der Waals surface area contributed by atoms with Crippen LogP contribution in [0.3, 0.4) is 0 Å². The number of hydrogen-bond donors (Lipinski definition) is 1. The van der Waals surface area contributed by atoms with Gasteiger partial charge in [-0.15, -0.1) is 0 Å². The van der Waals surface area contributed by atoms with Crippen molar-refractivity contribution in [2.45, 2.75) is 19.4 Å². The Kier molecular flexibility index (Phi) is 3.92. The lowest BCUT2D eigenvalue weighted by Gasteiger charge is -2.27. The zero-order valence-electron chi connectivity index (χ0n) is 11.6. The van der Waals surface area contributed by atoms with Gasteiger partial charge in [-0.05, 0) is 58.1 Å². The molecule has 3 nitrogen and oxygen atoms in total. The summed E-state index contributed by atoms with van der Waals surface area (Å²) in [7, 11) is 2.17. The van der Waals surface area contributed by atoms with Gasteiger partial charge >= 0.3 is 0 Å². The second kappa shape index (κ2) is 5.83. The number of nitrogens with one attached hydrogen (secondary N) is 1. The molecule has 0 fully saturated rings. The van der Waals surface area contributed by atoms with E-state index in [4.69, 9.17) is 0 Å². The molecule has 0 radical (unpaired) electrons. The number of nitrogens with zero attached hydrogens (tertiary/aromatic N) is 2. The van der Waals surface area contributed by atoms with Crippen molar-refractivity contribution < 1.29 is 0 Å². The van der Waals surface area contributed by atoms with Gasteiger partial charge in [0, 0.05) is 32.0 Å². The van der Waals surface area contributed by atoms with Crippen molar-refractivity contribution in [2.75, 3.05) is 23.8 Å². The van der Waals surface area contributed by atoms with E-state index in [1.165, 1.54) is 29.7 Å². The minimum Gasteiger partial charge on any atom is -0.379 e. The van der Waals surface area contributed by atoms with Crippen molar-refractivity contribution in [1.82, 2.24) is 4.98 Å². The fourth-order valence-electron chi connectivity index (χ4n) is 2.66. The third-order valence-electron chi connectivity index (χ3n) is 3.74. The van der Waals surface area contributed by atoms with E-state index >= 15 is 0 Å². The van der Waals surface area contributed by atoms with Crippen LogP contribution in [0.15, 0.2) is 41.1 Å². The number of pyridine rings is 1. The van der Waals surface area contributed by atoms with Crippen LogP contribution in [0.4, 0.5) is 11.4 Å². The number of aromatic nitrogens is 1. The molecule has 1 aliphatic rings. The average molecular weight is 332 g/mol. The van der Waals surface area contributed by atoms with Crippen LogP contribution in [-0.4, -0.2) is 18.6 Å². The number of fused-ring (bicyclic) bond motifs is 1. The first-order chi connectivity index (χ1) is 9.74. The van der Waals surface area contributed by atoms with E-state index in [0.29, 0.717) is 0 Å². The number of hydrogen-bond acceptors (Lipinski definition) is 3. The molecule has 0 atom stereocenters. The standard InChI is InChI=1S/C16H18BrN3/c1-20-9-3-4-13-10-12(6-7-15(13)20)11-19-14-5-2-8-18-16(14)17/h2,5-8,10,19H,3-4,9,11H2,1H3. The molecule has 0 spiro atoms. The Bertz CT molecular complexity index is 612. The second-order valence-corrected chi connectivity index (χ2v) is 5.93. The first-order valence-electron chi connectivity index (χ1n) is 6.91. The van der Waals surface area contributed by atoms with E-state index in [-0.39, 0.29) is 0 Å². The van der Waals surface area contributed by atoms with Gasteiger partial charge in [0.15, 0.2) is 0 Å². The molecule has 20 heavy (non-hydrogen) atoms. The van der Waals surface area contributed by atoms with Crippen LogP contribution in [0.25, 0.3) is 0 Å². The molecule has 104 valence electrons. The summed E-state index contributed by atoms with van der Waals surface area (Å²) in [4.78, 5) is 6.56. The van der Waals surface area contributed by atoms with Crippen LogP contribution in [0.2, 0.25) is 0 Å². The molecular weight excluding hydrogens is 314 g/mol. The van der Waals surface area contributed by atoms with Crippen LogP contribution in [0.5, 0.6) is 0 Å². The van der Waals surface area contributed by atoms with Crippen molar-refractivity contribution >= 4 is 27.3 Å². The molecular formula is C16H18BrN3. The predicted molar refractivity (Wildman–Crippen MR) is 87.3 cm³/mol. The van der Waals surface area contributed by atoms with Crippen molar-refractivity contribution in [3.63, 3.8) is 0 Å². The molecule has 1 N–H and O–H groups in total. The SMILES string of the molecule is CN1CCCc2cc(CNc3cccnc3Br)ccc21. The second-order valence-electron chi connectivity index (χ2n) is 5.18. The van der Waals surface area contributed by atoms with Crippen molar-refractivity contribution in [1.29, 1.82) is 0 Å². The molecule has 3 rings (SSSR count). The number of anilines is 2. The first-order valence-corrected chi connectivity index (χ1v) is 7.70. The summed E-state index contributed by atoms with van der Waals surface area (Å²) in [6, 6.07) is 10.7. The van der Waals surface area contributed by atoms with Crippen molar-refractivity contribution in [3.05, 3.63) is 52.3 Å². The molecule has 1 aromatic heterocycles. The van der Waals surface area contributed by atoms with Crippen LogP contribution >= 0.6 is 15.9 Å². The third-order valence-corrected chi connectivity index (χ3v) is 4.37. The van der Waals surface area contributed by atoms with Gasteiger partial charge in [-0.2, -0.15) is 0 Å². The van der Waals surface area contributed by atoms with Gasteiger partial charge in [0.25, 0.3) is 0 Å². The Morgan fingerprint density at radius 1 is 1.35 bits per heavy atom. The lowest BCUT2D eigenvalue weighted by atomic mass is 9.99. The van der Waals surface area contributed by atoms with Crippen molar-refractivity contribution in [3.8, 4) is 0 Å². The molecule has 1 aliphatic heterocycles. The molecule has 2 heterocycles. The van der Waals surface area contributed by atoms with E-state index in [2.05, 4.69) is 56.4 Å². The molecule has 1 aromatic carbocycles. The fraction of sp³-hybridized carbons (Fsp3) is 0.312. The zero-order chi connectivity index (χ0) is 13.9. The number of rotatable bonds is 3. The number of aryl methyl sites for hydroxylation is 1.